The summed E-state index contributed by atoms with van der Waals surface area (Å²) in [7, 11) is 0. The first-order valence-corrected chi connectivity index (χ1v) is 6.67. The van der Waals surface area contributed by atoms with Crippen molar-refractivity contribution in [3.8, 4) is 0 Å². The number of aromatic nitrogens is 1. The fraction of sp³-hybridized carbons (Fsp3) is 0.643. The van der Waals surface area contributed by atoms with Crippen LogP contribution in [0.25, 0.3) is 0 Å². The quantitative estimate of drug-likeness (QED) is 0.843. The molecule has 17 heavy (non-hydrogen) atoms. The van der Waals surface area contributed by atoms with Crippen LogP contribution in [0.2, 0.25) is 0 Å². The molecule has 1 aliphatic heterocycles. The highest BCUT2D eigenvalue weighted by molar-refractivity contribution is 5.51. The van der Waals surface area contributed by atoms with E-state index in [0.717, 1.165) is 24.7 Å². The summed E-state index contributed by atoms with van der Waals surface area (Å²) >= 11 is 0. The van der Waals surface area contributed by atoms with Gasteiger partial charge in [0.15, 0.2) is 0 Å². The number of nitrogens with zero attached hydrogens (tertiary/aromatic N) is 2. The van der Waals surface area contributed by atoms with Crippen molar-refractivity contribution < 1.29 is 0 Å². The Kier molecular flexibility index (Phi) is 2.79. The minimum absolute atomic E-state index is 0.563. The molecular weight excluding hydrogens is 210 g/mol. The molecule has 3 nitrogen and oxygen atoms in total. The van der Waals surface area contributed by atoms with Gasteiger partial charge in [-0.2, -0.15) is 0 Å². The maximum absolute atomic E-state index is 4.41. The first-order valence-electron chi connectivity index (χ1n) is 6.67. The lowest BCUT2D eigenvalue weighted by atomic mass is 10.0. The Morgan fingerprint density at radius 1 is 1.41 bits per heavy atom. The fourth-order valence-electron chi connectivity index (χ4n) is 2.82. The van der Waals surface area contributed by atoms with Crippen LogP contribution in [0.4, 0.5) is 5.69 Å². The summed E-state index contributed by atoms with van der Waals surface area (Å²) in [6.07, 6.45) is 4.70. The highest BCUT2D eigenvalue weighted by Gasteiger charge is 2.36. The molecular formula is C14H21N3. The molecule has 2 unspecified atom stereocenters. The molecule has 2 atom stereocenters. The summed E-state index contributed by atoms with van der Waals surface area (Å²) in [4.78, 5) is 6.94. The van der Waals surface area contributed by atoms with Crippen LogP contribution < -0.4 is 10.2 Å². The molecule has 1 aromatic rings. The van der Waals surface area contributed by atoms with E-state index >= 15 is 0 Å². The van der Waals surface area contributed by atoms with E-state index in [1.54, 1.807) is 0 Å². The lowest BCUT2D eigenvalue weighted by Gasteiger charge is -2.41. The van der Waals surface area contributed by atoms with Gasteiger partial charge in [0.05, 0.1) is 11.4 Å². The molecule has 1 saturated heterocycles. The van der Waals surface area contributed by atoms with E-state index in [0.29, 0.717) is 12.1 Å². The van der Waals surface area contributed by atoms with Gasteiger partial charge in [-0.1, -0.05) is 0 Å². The Morgan fingerprint density at radius 2 is 2.24 bits per heavy atom. The predicted octanol–water partition coefficient (Wildman–Crippen LogP) is 1.97. The van der Waals surface area contributed by atoms with Gasteiger partial charge in [0.2, 0.25) is 0 Å². The van der Waals surface area contributed by atoms with Crippen LogP contribution in [0.15, 0.2) is 18.3 Å². The number of anilines is 1. The Labute approximate surface area is 103 Å². The van der Waals surface area contributed by atoms with Crippen molar-refractivity contribution >= 4 is 5.69 Å². The van der Waals surface area contributed by atoms with Crippen molar-refractivity contribution in [1.29, 1.82) is 0 Å². The van der Waals surface area contributed by atoms with Gasteiger partial charge < -0.3 is 10.2 Å². The molecule has 1 saturated carbocycles. The van der Waals surface area contributed by atoms with E-state index in [1.807, 2.05) is 12.3 Å². The number of hydrogen-bond donors (Lipinski definition) is 1. The predicted molar refractivity (Wildman–Crippen MR) is 70.3 cm³/mol. The van der Waals surface area contributed by atoms with Crippen molar-refractivity contribution in [2.45, 2.75) is 38.8 Å². The third-order valence-corrected chi connectivity index (χ3v) is 4.08. The molecule has 3 heteroatoms. The molecule has 2 aliphatic rings. The maximum Gasteiger partial charge on any atom is 0.0605 e. The van der Waals surface area contributed by atoms with Gasteiger partial charge in [-0.15, -0.1) is 0 Å². The van der Waals surface area contributed by atoms with Crippen molar-refractivity contribution in [3.63, 3.8) is 0 Å². The van der Waals surface area contributed by atoms with Crippen molar-refractivity contribution in [1.82, 2.24) is 10.3 Å². The van der Waals surface area contributed by atoms with E-state index in [4.69, 9.17) is 0 Å². The third kappa shape index (κ3) is 2.16. The second-order valence-electron chi connectivity index (χ2n) is 5.46. The van der Waals surface area contributed by atoms with Gasteiger partial charge in [0.25, 0.3) is 0 Å². The van der Waals surface area contributed by atoms with Crippen LogP contribution in [-0.4, -0.2) is 30.2 Å². The molecule has 0 aromatic carbocycles. The number of aryl methyl sites for hydroxylation is 1. The first-order chi connectivity index (χ1) is 8.25. The van der Waals surface area contributed by atoms with Gasteiger partial charge in [-0.3, -0.25) is 4.98 Å². The Morgan fingerprint density at radius 3 is 2.94 bits per heavy atom. The minimum atomic E-state index is 0.563. The van der Waals surface area contributed by atoms with Crippen LogP contribution in [0.1, 0.15) is 25.5 Å². The second-order valence-corrected chi connectivity index (χ2v) is 5.46. The lowest BCUT2D eigenvalue weighted by Crippen LogP contribution is -2.56. The average Bonchev–Trinajstić information content (AvgIpc) is 3.15. The van der Waals surface area contributed by atoms with Crippen molar-refractivity contribution in [2.24, 2.45) is 5.92 Å². The fourth-order valence-corrected chi connectivity index (χ4v) is 2.82. The molecule has 92 valence electrons. The number of hydrogen-bond acceptors (Lipinski definition) is 3. The zero-order valence-electron chi connectivity index (χ0n) is 10.7. The SMILES string of the molecule is Cc1ncccc1N1CC(C2CC2)NCC1C. The largest absolute Gasteiger partial charge is 0.365 e. The summed E-state index contributed by atoms with van der Waals surface area (Å²) in [5.41, 5.74) is 2.46. The first kappa shape index (κ1) is 11.0. The third-order valence-electron chi connectivity index (χ3n) is 4.08. The molecule has 2 fully saturated rings. The molecule has 1 aliphatic carbocycles. The molecule has 1 aromatic heterocycles. The minimum Gasteiger partial charge on any atom is -0.365 e. The standard InChI is InChI=1S/C14H21N3/c1-10-8-16-13(12-5-6-12)9-17(10)14-4-3-7-15-11(14)2/h3-4,7,10,12-13,16H,5-6,8-9H2,1-2H3. The van der Waals surface area contributed by atoms with Crippen LogP contribution in [0.5, 0.6) is 0 Å². The number of pyridine rings is 1. The smallest absolute Gasteiger partial charge is 0.0605 e. The van der Waals surface area contributed by atoms with E-state index in [2.05, 4.69) is 35.1 Å². The van der Waals surface area contributed by atoms with Crippen molar-refractivity contribution in [3.05, 3.63) is 24.0 Å². The topological polar surface area (TPSA) is 28.2 Å². The molecule has 1 N–H and O–H groups in total. The molecule has 0 bridgehead atoms. The summed E-state index contributed by atoms with van der Waals surface area (Å²) < 4.78 is 0. The number of rotatable bonds is 2. The number of nitrogens with one attached hydrogen (secondary N) is 1. The summed E-state index contributed by atoms with van der Waals surface area (Å²) in [5.74, 6) is 0.918. The maximum atomic E-state index is 4.41. The zero-order valence-corrected chi connectivity index (χ0v) is 10.7. The molecule has 0 amide bonds. The monoisotopic (exact) mass is 231 g/mol. The van der Waals surface area contributed by atoms with E-state index in [-0.39, 0.29) is 0 Å². The summed E-state index contributed by atoms with van der Waals surface area (Å²) in [6.45, 7) is 6.63. The van der Waals surface area contributed by atoms with Gasteiger partial charge >= 0.3 is 0 Å². The van der Waals surface area contributed by atoms with E-state index in [1.165, 1.54) is 18.5 Å². The van der Waals surface area contributed by atoms with E-state index < -0.39 is 0 Å². The molecule has 0 radical (unpaired) electrons. The average molecular weight is 231 g/mol. The Balaban J connectivity index is 1.82. The molecule has 3 rings (SSSR count). The van der Waals surface area contributed by atoms with Crippen molar-refractivity contribution in [2.75, 3.05) is 18.0 Å². The van der Waals surface area contributed by atoms with Gasteiger partial charge in [0, 0.05) is 31.4 Å². The zero-order chi connectivity index (χ0) is 11.8. The normalized spacial score (nSPS) is 29.4. The molecule has 2 heterocycles. The summed E-state index contributed by atoms with van der Waals surface area (Å²) in [5, 5.41) is 3.69. The van der Waals surface area contributed by atoms with Crippen LogP contribution in [0, 0.1) is 12.8 Å². The highest BCUT2D eigenvalue weighted by Crippen LogP contribution is 2.35. The van der Waals surface area contributed by atoms with Crippen LogP contribution in [0.3, 0.4) is 0 Å². The van der Waals surface area contributed by atoms with Gasteiger partial charge in [-0.05, 0) is 44.7 Å². The second kappa shape index (κ2) is 4.30. The molecule has 0 spiro atoms. The summed E-state index contributed by atoms with van der Waals surface area (Å²) in [6, 6.07) is 5.50. The number of piperazine rings is 1. The van der Waals surface area contributed by atoms with Gasteiger partial charge in [-0.25, -0.2) is 0 Å². The lowest BCUT2D eigenvalue weighted by molar-refractivity contribution is 0.375. The Bertz CT molecular complexity index is 400. The van der Waals surface area contributed by atoms with E-state index in [9.17, 15) is 0 Å². The van der Waals surface area contributed by atoms with Crippen LogP contribution >= 0.6 is 0 Å². The Hall–Kier alpha value is -1.09. The van der Waals surface area contributed by atoms with Crippen LogP contribution in [-0.2, 0) is 0 Å². The highest BCUT2D eigenvalue weighted by atomic mass is 15.2. The van der Waals surface area contributed by atoms with Gasteiger partial charge in [0.1, 0.15) is 0 Å².